The highest BCUT2D eigenvalue weighted by Crippen LogP contribution is 2.47. The van der Waals surface area contributed by atoms with Crippen LogP contribution in [0.1, 0.15) is 30.7 Å². The Balaban J connectivity index is 1.72. The lowest BCUT2D eigenvalue weighted by Crippen LogP contribution is -2.28. The highest BCUT2D eigenvalue weighted by atomic mass is 32.1. The molecule has 1 heterocycles. The van der Waals surface area contributed by atoms with Gasteiger partial charge in [0.05, 0.1) is 6.61 Å². The number of nitrogens with two attached hydrogens (primary N) is 1. The molecule has 1 saturated carbocycles. The van der Waals surface area contributed by atoms with Crippen LogP contribution in [0, 0.1) is 0 Å². The Morgan fingerprint density at radius 1 is 1.53 bits per heavy atom. The van der Waals surface area contributed by atoms with Gasteiger partial charge in [-0.2, -0.15) is 4.37 Å². The van der Waals surface area contributed by atoms with Gasteiger partial charge in [0.25, 0.3) is 0 Å². The second-order valence-electron chi connectivity index (χ2n) is 4.60. The third kappa shape index (κ3) is 4.07. The summed E-state index contributed by atoms with van der Waals surface area (Å²) in [6.45, 7) is 1.69. The standard InChI is InChI=1S/C12H20N4O2S/c1-18-7-6-14-9(17)4-5-15-12-10(8-2-3-8)11(13)16-19-12/h8,15H,2-7H2,1H3,(H2,13,16)(H,14,17). The van der Waals surface area contributed by atoms with Crippen LogP contribution >= 0.6 is 11.5 Å². The van der Waals surface area contributed by atoms with Crippen LogP contribution in [-0.2, 0) is 9.53 Å². The van der Waals surface area contributed by atoms with Crippen LogP contribution in [0.3, 0.4) is 0 Å². The van der Waals surface area contributed by atoms with Gasteiger partial charge in [0.2, 0.25) is 5.91 Å². The number of hydrogen-bond acceptors (Lipinski definition) is 6. The third-order valence-electron chi connectivity index (χ3n) is 3.01. The first kappa shape index (κ1) is 14.1. The Kier molecular flexibility index (Phi) is 4.98. The molecule has 1 fully saturated rings. The summed E-state index contributed by atoms with van der Waals surface area (Å²) in [6, 6.07) is 0. The summed E-state index contributed by atoms with van der Waals surface area (Å²) in [5, 5.41) is 7.06. The van der Waals surface area contributed by atoms with Crippen LogP contribution in [0.25, 0.3) is 0 Å². The molecule has 0 bridgehead atoms. The quantitative estimate of drug-likeness (QED) is 0.623. The maximum atomic E-state index is 11.5. The fraction of sp³-hybridized carbons (Fsp3) is 0.667. The first-order valence-electron chi connectivity index (χ1n) is 6.47. The fourth-order valence-electron chi connectivity index (χ4n) is 1.87. The molecule has 1 aromatic heterocycles. The van der Waals surface area contributed by atoms with Crippen LogP contribution in [0.2, 0.25) is 0 Å². The first-order valence-corrected chi connectivity index (χ1v) is 7.24. The van der Waals surface area contributed by atoms with E-state index in [2.05, 4.69) is 15.0 Å². The molecule has 0 aromatic carbocycles. The highest BCUT2D eigenvalue weighted by molar-refractivity contribution is 7.10. The number of rotatable bonds is 8. The molecule has 1 aromatic rings. The van der Waals surface area contributed by atoms with Gasteiger partial charge in [-0.15, -0.1) is 0 Å². The predicted molar refractivity (Wildman–Crippen MR) is 76.5 cm³/mol. The zero-order chi connectivity index (χ0) is 13.7. The number of ether oxygens (including phenoxy) is 1. The molecule has 0 spiro atoms. The summed E-state index contributed by atoms with van der Waals surface area (Å²) < 4.78 is 9.04. The molecule has 1 aliphatic carbocycles. The van der Waals surface area contributed by atoms with E-state index in [1.807, 2.05) is 0 Å². The van der Waals surface area contributed by atoms with Crippen LogP contribution < -0.4 is 16.4 Å². The van der Waals surface area contributed by atoms with E-state index in [4.69, 9.17) is 10.5 Å². The Labute approximate surface area is 116 Å². The van der Waals surface area contributed by atoms with Crippen LogP contribution in [0.5, 0.6) is 0 Å². The topological polar surface area (TPSA) is 89.3 Å². The Bertz CT molecular complexity index is 431. The van der Waals surface area contributed by atoms with Gasteiger partial charge in [-0.05, 0) is 30.3 Å². The summed E-state index contributed by atoms with van der Waals surface area (Å²) >= 11 is 1.38. The predicted octanol–water partition coefficient (Wildman–Crippen LogP) is 1.17. The lowest BCUT2D eigenvalue weighted by atomic mass is 10.2. The van der Waals surface area contributed by atoms with E-state index in [1.54, 1.807) is 7.11 Å². The number of hydrogen-bond donors (Lipinski definition) is 3. The summed E-state index contributed by atoms with van der Waals surface area (Å²) in [4.78, 5) is 11.5. The van der Waals surface area contributed by atoms with Gasteiger partial charge in [-0.25, -0.2) is 0 Å². The average molecular weight is 284 g/mol. The van der Waals surface area contributed by atoms with Crippen LogP contribution in [0.4, 0.5) is 10.8 Å². The largest absolute Gasteiger partial charge is 0.383 e. The summed E-state index contributed by atoms with van der Waals surface area (Å²) in [6.07, 6.45) is 2.81. The molecule has 4 N–H and O–H groups in total. The second-order valence-corrected chi connectivity index (χ2v) is 5.38. The van der Waals surface area contributed by atoms with Crippen molar-refractivity contribution in [3.63, 3.8) is 0 Å². The van der Waals surface area contributed by atoms with Crippen molar-refractivity contribution in [3.05, 3.63) is 5.56 Å². The third-order valence-corrected chi connectivity index (χ3v) is 3.84. The molecule has 0 saturated heterocycles. The van der Waals surface area contributed by atoms with Crippen molar-refractivity contribution in [3.8, 4) is 0 Å². The lowest BCUT2D eigenvalue weighted by Gasteiger charge is -2.07. The SMILES string of the molecule is COCCNC(=O)CCNc1snc(N)c1C1CC1. The van der Waals surface area contributed by atoms with Crippen molar-refractivity contribution in [2.45, 2.75) is 25.2 Å². The van der Waals surface area contributed by atoms with Crippen molar-refractivity contribution in [2.75, 3.05) is 37.9 Å². The van der Waals surface area contributed by atoms with E-state index in [9.17, 15) is 4.79 Å². The van der Waals surface area contributed by atoms with Gasteiger partial charge >= 0.3 is 0 Å². The smallest absolute Gasteiger partial charge is 0.221 e. The van der Waals surface area contributed by atoms with Gasteiger partial charge in [-0.3, -0.25) is 4.79 Å². The monoisotopic (exact) mass is 284 g/mol. The van der Waals surface area contributed by atoms with E-state index in [0.29, 0.717) is 37.9 Å². The maximum Gasteiger partial charge on any atom is 0.221 e. The number of carbonyl (C=O) groups excluding carboxylic acids is 1. The minimum Gasteiger partial charge on any atom is -0.383 e. The molecule has 2 rings (SSSR count). The molecule has 0 radical (unpaired) electrons. The number of nitrogens with zero attached hydrogens (tertiary/aromatic N) is 1. The van der Waals surface area contributed by atoms with Gasteiger partial charge < -0.3 is 21.1 Å². The minimum absolute atomic E-state index is 0.0232. The second kappa shape index (κ2) is 6.72. The number of anilines is 2. The zero-order valence-electron chi connectivity index (χ0n) is 11.1. The Morgan fingerprint density at radius 3 is 3.00 bits per heavy atom. The normalized spacial score (nSPS) is 14.4. The number of amides is 1. The minimum atomic E-state index is 0.0232. The summed E-state index contributed by atoms with van der Waals surface area (Å²) in [7, 11) is 1.61. The Hall–Kier alpha value is -1.34. The van der Waals surface area contributed by atoms with E-state index in [0.717, 1.165) is 10.6 Å². The van der Waals surface area contributed by atoms with Crippen molar-refractivity contribution < 1.29 is 9.53 Å². The molecule has 1 aliphatic rings. The number of carbonyl (C=O) groups is 1. The fourth-order valence-corrected chi connectivity index (χ4v) is 2.70. The maximum absolute atomic E-state index is 11.5. The molecule has 0 atom stereocenters. The van der Waals surface area contributed by atoms with Crippen molar-refractivity contribution in [1.29, 1.82) is 0 Å². The zero-order valence-corrected chi connectivity index (χ0v) is 11.9. The average Bonchev–Trinajstić information content (AvgIpc) is 3.15. The number of methoxy groups -OCH3 is 1. The molecular weight excluding hydrogens is 264 g/mol. The van der Waals surface area contributed by atoms with Gasteiger partial charge in [0, 0.05) is 32.2 Å². The molecule has 1 amide bonds. The number of nitrogens with one attached hydrogen (secondary N) is 2. The highest BCUT2D eigenvalue weighted by Gasteiger charge is 2.30. The van der Waals surface area contributed by atoms with Crippen molar-refractivity contribution in [2.24, 2.45) is 0 Å². The van der Waals surface area contributed by atoms with E-state index < -0.39 is 0 Å². The summed E-state index contributed by atoms with van der Waals surface area (Å²) in [5.41, 5.74) is 7.00. The number of aromatic nitrogens is 1. The molecule has 7 heteroatoms. The number of nitrogen functional groups attached to an aromatic ring is 1. The molecular formula is C12H20N4O2S. The van der Waals surface area contributed by atoms with Gasteiger partial charge in [0.15, 0.2) is 0 Å². The molecule has 0 aliphatic heterocycles. The van der Waals surface area contributed by atoms with E-state index >= 15 is 0 Å². The van der Waals surface area contributed by atoms with Crippen LogP contribution in [0.15, 0.2) is 0 Å². The summed E-state index contributed by atoms with van der Waals surface area (Å²) in [5.74, 6) is 1.23. The molecule has 0 unspecified atom stereocenters. The van der Waals surface area contributed by atoms with E-state index in [-0.39, 0.29) is 5.91 Å². The lowest BCUT2D eigenvalue weighted by molar-refractivity contribution is -0.121. The Morgan fingerprint density at radius 2 is 2.32 bits per heavy atom. The van der Waals surface area contributed by atoms with Crippen molar-refractivity contribution >= 4 is 28.3 Å². The van der Waals surface area contributed by atoms with Crippen LogP contribution in [-0.4, -0.2) is 37.1 Å². The van der Waals surface area contributed by atoms with Crippen molar-refractivity contribution in [1.82, 2.24) is 9.69 Å². The molecule has 19 heavy (non-hydrogen) atoms. The molecule has 6 nitrogen and oxygen atoms in total. The molecule has 106 valence electrons. The van der Waals surface area contributed by atoms with E-state index in [1.165, 1.54) is 24.4 Å². The van der Waals surface area contributed by atoms with Gasteiger partial charge in [0.1, 0.15) is 10.8 Å². The van der Waals surface area contributed by atoms with Gasteiger partial charge in [-0.1, -0.05) is 0 Å². The first-order chi connectivity index (χ1) is 9.22.